The predicted molar refractivity (Wildman–Crippen MR) is 93.9 cm³/mol. The molecule has 1 N–H and O–H groups in total. The molecule has 0 amide bonds. The highest BCUT2D eigenvalue weighted by atomic mass is 32.1. The van der Waals surface area contributed by atoms with Crippen LogP contribution >= 0.6 is 11.3 Å². The van der Waals surface area contributed by atoms with Gasteiger partial charge in [-0.15, -0.1) is 11.3 Å². The van der Waals surface area contributed by atoms with Crippen LogP contribution in [0.1, 0.15) is 43.4 Å². The Morgan fingerprint density at radius 3 is 2.60 bits per heavy atom. The van der Waals surface area contributed by atoms with E-state index in [0.717, 1.165) is 10.4 Å². The van der Waals surface area contributed by atoms with Crippen LogP contribution in [0.5, 0.6) is 0 Å². The largest absolute Gasteiger partial charge is 0.457 e. The van der Waals surface area contributed by atoms with E-state index in [1.165, 1.54) is 11.3 Å². The molecular formula is C18H18N2O4S. The zero-order chi connectivity index (χ0) is 18.6. The van der Waals surface area contributed by atoms with Gasteiger partial charge in [0, 0.05) is 17.0 Å². The summed E-state index contributed by atoms with van der Waals surface area (Å²) in [5, 5.41) is 9.05. The summed E-state index contributed by atoms with van der Waals surface area (Å²) < 4.78 is 5.03. The number of rotatable bonds is 6. The number of ketones is 1. The van der Waals surface area contributed by atoms with Crippen molar-refractivity contribution in [2.75, 3.05) is 6.61 Å². The molecule has 0 fully saturated rings. The molecule has 0 aliphatic carbocycles. The number of nitrogens with one attached hydrogen (secondary N) is 1. The van der Waals surface area contributed by atoms with Crippen molar-refractivity contribution >= 4 is 23.1 Å². The number of carbonyl (C=O) groups is 2. The molecule has 25 heavy (non-hydrogen) atoms. The fourth-order valence-corrected chi connectivity index (χ4v) is 3.31. The van der Waals surface area contributed by atoms with Gasteiger partial charge in [0.2, 0.25) is 5.78 Å². The molecule has 2 aromatic rings. The molecule has 0 unspecified atom stereocenters. The minimum absolute atomic E-state index is 0.0530. The smallest absolute Gasteiger partial charge is 0.306 e. The second-order valence-corrected chi connectivity index (χ2v) is 6.95. The van der Waals surface area contributed by atoms with E-state index in [4.69, 9.17) is 10.00 Å². The van der Waals surface area contributed by atoms with Gasteiger partial charge in [-0.3, -0.25) is 14.4 Å². The van der Waals surface area contributed by atoms with Crippen LogP contribution in [0.4, 0.5) is 0 Å². The summed E-state index contributed by atoms with van der Waals surface area (Å²) in [6.07, 6.45) is 0.392. The molecule has 0 aliphatic rings. The number of ether oxygens (including phenoxy) is 1. The van der Waals surface area contributed by atoms with E-state index in [1.54, 1.807) is 19.9 Å². The number of pyridine rings is 1. The molecule has 0 atom stereocenters. The van der Waals surface area contributed by atoms with Gasteiger partial charge in [-0.05, 0) is 50.5 Å². The molecule has 0 saturated heterocycles. The molecule has 2 heterocycles. The minimum atomic E-state index is -0.495. The first-order valence-corrected chi connectivity index (χ1v) is 8.52. The fraction of sp³-hybridized carbons (Fsp3) is 0.333. The van der Waals surface area contributed by atoms with E-state index in [2.05, 4.69) is 4.98 Å². The molecule has 0 spiro atoms. The Morgan fingerprint density at radius 1 is 1.28 bits per heavy atom. The first kappa shape index (κ1) is 18.6. The van der Waals surface area contributed by atoms with E-state index in [1.807, 2.05) is 19.1 Å². The first-order chi connectivity index (χ1) is 11.8. The molecule has 6 nitrogen and oxygen atoms in total. The van der Waals surface area contributed by atoms with Crippen LogP contribution in [0.25, 0.3) is 0 Å². The standard InChI is InChI=1S/C18H18N2O4S/c1-10-4-6-16(25-10)15(21)9-24-17(22)7-5-13-11(2)14(8-19)18(23)20-12(13)3/h4,6H,5,7,9H2,1-3H3,(H,20,23). The maximum atomic E-state index is 11.9. The molecule has 0 saturated carbocycles. The summed E-state index contributed by atoms with van der Waals surface area (Å²) in [6.45, 7) is 5.02. The number of hydrogen-bond donors (Lipinski definition) is 1. The third kappa shape index (κ3) is 4.43. The highest BCUT2D eigenvalue weighted by Crippen LogP contribution is 2.17. The van der Waals surface area contributed by atoms with E-state index >= 15 is 0 Å². The Bertz CT molecular complexity index is 918. The van der Waals surface area contributed by atoms with Gasteiger partial charge in [0.25, 0.3) is 5.56 Å². The summed E-state index contributed by atoms with van der Waals surface area (Å²) in [5.74, 6) is -0.722. The Hall–Kier alpha value is -2.72. The van der Waals surface area contributed by atoms with Crippen molar-refractivity contribution in [3.05, 3.63) is 54.6 Å². The predicted octanol–water partition coefficient (Wildman–Crippen LogP) is 2.59. The summed E-state index contributed by atoms with van der Waals surface area (Å²) in [5.41, 5.74) is 1.56. The summed E-state index contributed by atoms with van der Waals surface area (Å²) in [7, 11) is 0. The second-order valence-electron chi connectivity index (χ2n) is 5.66. The van der Waals surface area contributed by atoms with Crippen molar-refractivity contribution in [1.82, 2.24) is 4.98 Å². The zero-order valence-corrected chi connectivity index (χ0v) is 15.1. The Kier molecular flexibility index (Phi) is 5.88. The van der Waals surface area contributed by atoms with Gasteiger partial charge in [0.15, 0.2) is 6.61 Å². The van der Waals surface area contributed by atoms with E-state index in [9.17, 15) is 14.4 Å². The van der Waals surface area contributed by atoms with Gasteiger partial charge in [-0.1, -0.05) is 0 Å². The SMILES string of the molecule is Cc1ccc(C(=O)COC(=O)CCc2c(C)[nH]c(=O)c(C#N)c2C)s1. The Morgan fingerprint density at radius 2 is 2.00 bits per heavy atom. The number of esters is 1. The molecule has 0 aliphatic heterocycles. The Labute approximate surface area is 149 Å². The monoisotopic (exact) mass is 358 g/mol. The number of nitriles is 1. The normalized spacial score (nSPS) is 10.3. The van der Waals surface area contributed by atoms with Crippen LogP contribution in [-0.4, -0.2) is 23.3 Å². The highest BCUT2D eigenvalue weighted by molar-refractivity contribution is 7.14. The quantitative estimate of drug-likeness (QED) is 0.632. The lowest BCUT2D eigenvalue weighted by molar-refractivity contribution is -0.142. The average molecular weight is 358 g/mol. The fourth-order valence-electron chi connectivity index (χ4n) is 2.52. The number of H-pyrrole nitrogens is 1. The van der Waals surface area contributed by atoms with Gasteiger partial charge in [-0.2, -0.15) is 5.26 Å². The lowest BCUT2D eigenvalue weighted by Crippen LogP contribution is -2.18. The van der Waals surface area contributed by atoms with Gasteiger partial charge < -0.3 is 9.72 Å². The lowest BCUT2D eigenvalue weighted by Gasteiger charge is -2.10. The van der Waals surface area contributed by atoms with Crippen LogP contribution in [0.2, 0.25) is 0 Å². The van der Waals surface area contributed by atoms with E-state index < -0.39 is 11.5 Å². The van der Waals surface area contributed by atoms with Crippen LogP contribution < -0.4 is 5.56 Å². The van der Waals surface area contributed by atoms with Gasteiger partial charge in [0.1, 0.15) is 11.6 Å². The molecule has 0 aromatic carbocycles. The third-order valence-electron chi connectivity index (χ3n) is 3.88. The summed E-state index contributed by atoms with van der Waals surface area (Å²) in [4.78, 5) is 39.7. The number of carbonyl (C=O) groups excluding carboxylic acids is 2. The number of aryl methyl sites for hydroxylation is 2. The van der Waals surface area contributed by atoms with Crippen molar-refractivity contribution in [2.24, 2.45) is 0 Å². The van der Waals surface area contributed by atoms with Crippen molar-refractivity contribution < 1.29 is 14.3 Å². The minimum Gasteiger partial charge on any atom is -0.457 e. The third-order valence-corrected chi connectivity index (χ3v) is 4.92. The molecule has 2 rings (SSSR count). The zero-order valence-electron chi connectivity index (χ0n) is 14.3. The van der Waals surface area contributed by atoms with Crippen LogP contribution in [0, 0.1) is 32.1 Å². The number of hydrogen-bond acceptors (Lipinski definition) is 6. The second kappa shape index (κ2) is 7.90. The maximum Gasteiger partial charge on any atom is 0.306 e. The van der Waals surface area contributed by atoms with Crippen molar-refractivity contribution in [2.45, 2.75) is 33.6 Å². The Balaban J connectivity index is 1.96. The number of thiophene rings is 1. The maximum absolute atomic E-state index is 11.9. The average Bonchev–Trinajstić information content (AvgIpc) is 2.99. The van der Waals surface area contributed by atoms with E-state index in [-0.39, 0.29) is 24.4 Å². The molecule has 0 bridgehead atoms. The van der Waals surface area contributed by atoms with Crippen molar-refractivity contribution in [3.63, 3.8) is 0 Å². The molecule has 7 heteroatoms. The molecule has 130 valence electrons. The molecule has 0 radical (unpaired) electrons. The van der Waals surface area contributed by atoms with Crippen LogP contribution in [-0.2, 0) is 16.0 Å². The number of nitrogens with zero attached hydrogens (tertiary/aromatic N) is 1. The number of aromatic nitrogens is 1. The topological polar surface area (TPSA) is 100 Å². The number of Topliss-reactive ketones (excluding diaryl/α,β-unsaturated/α-hetero) is 1. The summed E-state index contributed by atoms with van der Waals surface area (Å²) >= 11 is 1.36. The first-order valence-electron chi connectivity index (χ1n) is 7.71. The van der Waals surface area contributed by atoms with Crippen LogP contribution in [0.15, 0.2) is 16.9 Å². The highest BCUT2D eigenvalue weighted by Gasteiger charge is 2.15. The lowest BCUT2D eigenvalue weighted by atomic mass is 9.99. The van der Waals surface area contributed by atoms with Gasteiger partial charge in [0.05, 0.1) is 4.88 Å². The van der Waals surface area contributed by atoms with Crippen molar-refractivity contribution in [1.29, 1.82) is 5.26 Å². The van der Waals surface area contributed by atoms with Crippen LogP contribution in [0.3, 0.4) is 0 Å². The molecular weight excluding hydrogens is 340 g/mol. The van der Waals surface area contributed by atoms with Gasteiger partial charge in [-0.25, -0.2) is 0 Å². The van der Waals surface area contributed by atoms with E-state index in [0.29, 0.717) is 22.6 Å². The van der Waals surface area contributed by atoms with Crippen molar-refractivity contribution in [3.8, 4) is 6.07 Å². The molecule has 2 aromatic heterocycles. The summed E-state index contributed by atoms with van der Waals surface area (Å²) in [6, 6.07) is 5.43. The number of aromatic amines is 1. The van der Waals surface area contributed by atoms with Gasteiger partial charge >= 0.3 is 5.97 Å².